The van der Waals surface area contributed by atoms with E-state index in [0.717, 1.165) is 65.2 Å². The molecular weight excluding hydrogens is 366 g/mol. The molecule has 29 heavy (non-hydrogen) atoms. The van der Waals surface area contributed by atoms with Crippen molar-refractivity contribution in [3.8, 4) is 17.1 Å². The van der Waals surface area contributed by atoms with E-state index < -0.39 is 0 Å². The van der Waals surface area contributed by atoms with Crippen molar-refractivity contribution in [3.63, 3.8) is 0 Å². The van der Waals surface area contributed by atoms with Crippen molar-refractivity contribution in [2.45, 2.75) is 37.8 Å². The van der Waals surface area contributed by atoms with Crippen LogP contribution in [0.5, 0.6) is 5.75 Å². The van der Waals surface area contributed by atoms with Gasteiger partial charge in [0, 0.05) is 24.0 Å². The molecule has 1 fully saturated rings. The van der Waals surface area contributed by atoms with Gasteiger partial charge in [0.2, 0.25) is 0 Å². The molecule has 3 aromatic heterocycles. The summed E-state index contributed by atoms with van der Waals surface area (Å²) in [5, 5.41) is 19.2. The Kier molecular flexibility index (Phi) is 4.39. The first kappa shape index (κ1) is 18.0. The first-order valence-electron chi connectivity index (χ1n) is 10.1. The molecule has 0 unspecified atom stereocenters. The third kappa shape index (κ3) is 3.21. The van der Waals surface area contributed by atoms with Crippen LogP contribution in [0.25, 0.3) is 27.9 Å². The van der Waals surface area contributed by atoms with Gasteiger partial charge in [0.25, 0.3) is 0 Å². The third-order valence-electron chi connectivity index (χ3n) is 5.92. The highest BCUT2D eigenvalue weighted by atomic mass is 16.5. The maximum atomic E-state index is 9.72. The highest BCUT2D eigenvalue weighted by Crippen LogP contribution is 2.30. The molecule has 0 bridgehead atoms. The van der Waals surface area contributed by atoms with Gasteiger partial charge in [0.15, 0.2) is 5.65 Å². The van der Waals surface area contributed by atoms with Gasteiger partial charge >= 0.3 is 0 Å². The first-order valence-corrected chi connectivity index (χ1v) is 10.1. The second-order valence-corrected chi connectivity index (χ2v) is 7.80. The third-order valence-corrected chi connectivity index (χ3v) is 5.92. The zero-order valence-corrected chi connectivity index (χ0v) is 16.7. The summed E-state index contributed by atoms with van der Waals surface area (Å²) in [5.74, 6) is 1.67. The van der Waals surface area contributed by atoms with Gasteiger partial charge in [-0.3, -0.25) is 0 Å². The minimum atomic E-state index is -0.158. The van der Waals surface area contributed by atoms with E-state index in [1.54, 1.807) is 7.11 Å². The Labute approximate surface area is 168 Å². The van der Waals surface area contributed by atoms with Gasteiger partial charge in [-0.15, -0.1) is 5.10 Å². The number of aliphatic hydroxyl groups is 1. The average molecular weight is 391 g/mol. The number of hydrogen-bond acceptors (Lipinski definition) is 5. The minimum absolute atomic E-state index is 0.158. The number of nitrogens with zero attached hydrogens (tertiary/aromatic N) is 4. The second kappa shape index (κ2) is 7.08. The van der Waals surface area contributed by atoms with Gasteiger partial charge in [-0.2, -0.15) is 0 Å². The molecule has 0 radical (unpaired) electrons. The summed E-state index contributed by atoms with van der Waals surface area (Å²) in [7, 11) is 3.74. The predicted molar refractivity (Wildman–Crippen MR) is 113 cm³/mol. The number of methoxy groups -OCH3 is 1. The second-order valence-electron chi connectivity index (χ2n) is 7.80. The van der Waals surface area contributed by atoms with E-state index in [0.29, 0.717) is 6.04 Å². The monoisotopic (exact) mass is 391 g/mol. The van der Waals surface area contributed by atoms with E-state index in [1.807, 2.05) is 35.0 Å². The number of aromatic nitrogens is 4. The molecule has 0 atom stereocenters. The summed E-state index contributed by atoms with van der Waals surface area (Å²) in [6, 6.07) is 12.5. The Morgan fingerprint density at radius 3 is 2.69 bits per heavy atom. The Morgan fingerprint density at radius 1 is 1.07 bits per heavy atom. The standard InChI is InChI=1S/C22H25N5O2/c1-26-18-8-7-17(29-2)11-14(18)12-19(26)20-13-23-22-10-9-21(25-27(20)22)24-15-3-5-16(28)6-4-15/h7-13,15-16,28H,3-6H2,1-2H3,(H,24,25). The number of aryl methyl sites for hydroxylation is 1. The number of imidazole rings is 1. The number of rotatable bonds is 4. The molecular formula is C22H25N5O2. The van der Waals surface area contributed by atoms with Gasteiger partial charge in [-0.25, -0.2) is 9.50 Å². The van der Waals surface area contributed by atoms with Crippen LogP contribution in [0, 0.1) is 0 Å². The summed E-state index contributed by atoms with van der Waals surface area (Å²) >= 11 is 0. The smallest absolute Gasteiger partial charge is 0.154 e. The zero-order chi connectivity index (χ0) is 20.0. The lowest BCUT2D eigenvalue weighted by atomic mass is 9.93. The molecule has 0 spiro atoms. The lowest BCUT2D eigenvalue weighted by Gasteiger charge is -2.26. The number of aliphatic hydroxyl groups excluding tert-OH is 1. The van der Waals surface area contributed by atoms with Crippen molar-refractivity contribution >= 4 is 22.4 Å². The lowest BCUT2D eigenvalue weighted by molar-refractivity contribution is 0.126. The molecule has 1 aliphatic rings. The van der Waals surface area contributed by atoms with Gasteiger partial charge < -0.3 is 19.7 Å². The fourth-order valence-electron chi connectivity index (χ4n) is 4.25. The van der Waals surface area contributed by atoms with Crippen LogP contribution in [0.1, 0.15) is 25.7 Å². The van der Waals surface area contributed by atoms with Crippen LogP contribution >= 0.6 is 0 Å². The quantitative estimate of drug-likeness (QED) is 0.556. The zero-order valence-electron chi connectivity index (χ0n) is 16.7. The van der Waals surface area contributed by atoms with Crippen LogP contribution in [0.3, 0.4) is 0 Å². The first-order chi connectivity index (χ1) is 14.1. The fraction of sp³-hybridized carbons (Fsp3) is 0.364. The normalized spacial score (nSPS) is 19.7. The summed E-state index contributed by atoms with van der Waals surface area (Å²) < 4.78 is 9.41. The van der Waals surface area contributed by atoms with E-state index in [-0.39, 0.29) is 6.10 Å². The van der Waals surface area contributed by atoms with E-state index in [1.165, 1.54) is 0 Å². The van der Waals surface area contributed by atoms with Gasteiger partial charge in [-0.1, -0.05) is 0 Å². The van der Waals surface area contributed by atoms with Crippen LogP contribution in [0.15, 0.2) is 42.6 Å². The van der Waals surface area contributed by atoms with Crippen LogP contribution in [-0.4, -0.2) is 43.5 Å². The SMILES string of the molecule is COc1ccc2c(c1)cc(-c1cnc3ccc(NC4CCC(O)CC4)nn13)n2C. The number of hydrogen-bond donors (Lipinski definition) is 2. The maximum absolute atomic E-state index is 9.72. The number of ether oxygens (including phenoxy) is 1. The number of nitrogens with one attached hydrogen (secondary N) is 1. The van der Waals surface area contributed by atoms with E-state index in [2.05, 4.69) is 34.0 Å². The molecule has 7 nitrogen and oxygen atoms in total. The molecule has 3 heterocycles. The Morgan fingerprint density at radius 2 is 1.90 bits per heavy atom. The number of anilines is 1. The Hall–Kier alpha value is -3.06. The van der Waals surface area contributed by atoms with E-state index in [9.17, 15) is 5.11 Å². The molecule has 150 valence electrons. The number of benzene rings is 1. The van der Waals surface area contributed by atoms with E-state index >= 15 is 0 Å². The molecule has 1 aromatic carbocycles. The largest absolute Gasteiger partial charge is 0.497 e. The van der Waals surface area contributed by atoms with Crippen molar-refractivity contribution in [1.29, 1.82) is 0 Å². The molecule has 0 saturated heterocycles. The molecule has 4 aromatic rings. The van der Waals surface area contributed by atoms with Gasteiger partial charge in [-0.05, 0) is 62.1 Å². The molecule has 0 amide bonds. The van der Waals surface area contributed by atoms with Crippen molar-refractivity contribution in [1.82, 2.24) is 19.2 Å². The van der Waals surface area contributed by atoms with Crippen LogP contribution in [0.2, 0.25) is 0 Å². The van der Waals surface area contributed by atoms with Crippen molar-refractivity contribution < 1.29 is 9.84 Å². The predicted octanol–water partition coefficient (Wildman–Crippen LogP) is 3.61. The molecule has 2 N–H and O–H groups in total. The summed E-state index contributed by atoms with van der Waals surface area (Å²) in [6.45, 7) is 0. The Balaban J connectivity index is 1.52. The molecule has 1 saturated carbocycles. The molecule has 7 heteroatoms. The highest BCUT2D eigenvalue weighted by molar-refractivity contribution is 5.87. The Bertz CT molecular complexity index is 1170. The molecule has 1 aliphatic carbocycles. The topological polar surface area (TPSA) is 76.6 Å². The van der Waals surface area contributed by atoms with Crippen LogP contribution in [-0.2, 0) is 7.05 Å². The summed E-state index contributed by atoms with van der Waals surface area (Å²) in [6.07, 6.45) is 5.32. The van der Waals surface area contributed by atoms with E-state index in [4.69, 9.17) is 9.84 Å². The van der Waals surface area contributed by atoms with Crippen LogP contribution in [0.4, 0.5) is 5.82 Å². The number of fused-ring (bicyclic) bond motifs is 2. The van der Waals surface area contributed by atoms with Gasteiger partial charge in [0.05, 0.1) is 25.1 Å². The maximum Gasteiger partial charge on any atom is 0.154 e. The highest BCUT2D eigenvalue weighted by Gasteiger charge is 2.20. The molecule has 0 aliphatic heterocycles. The summed E-state index contributed by atoms with van der Waals surface area (Å²) in [5.41, 5.74) is 3.94. The van der Waals surface area contributed by atoms with Crippen LogP contribution < -0.4 is 10.1 Å². The van der Waals surface area contributed by atoms with Crippen molar-refractivity contribution in [2.75, 3.05) is 12.4 Å². The minimum Gasteiger partial charge on any atom is -0.497 e. The van der Waals surface area contributed by atoms with Crippen molar-refractivity contribution in [3.05, 3.63) is 42.6 Å². The lowest BCUT2D eigenvalue weighted by Crippen LogP contribution is -2.28. The average Bonchev–Trinajstić information content (AvgIpc) is 3.30. The fourth-order valence-corrected chi connectivity index (χ4v) is 4.25. The summed E-state index contributed by atoms with van der Waals surface area (Å²) in [4.78, 5) is 4.54. The van der Waals surface area contributed by atoms with Crippen molar-refractivity contribution in [2.24, 2.45) is 7.05 Å². The van der Waals surface area contributed by atoms with Gasteiger partial charge in [0.1, 0.15) is 17.3 Å². The molecule has 5 rings (SSSR count).